The number of likely N-dealkylation sites (N-methyl/N-ethyl adjacent to an activating group) is 1. The van der Waals surface area contributed by atoms with Gasteiger partial charge in [-0.2, -0.15) is 0 Å². The highest BCUT2D eigenvalue weighted by atomic mass is 127. The summed E-state index contributed by atoms with van der Waals surface area (Å²) < 4.78 is 5.52. The average Bonchev–Trinajstić information content (AvgIpc) is 3.44. The van der Waals surface area contributed by atoms with Crippen LogP contribution in [-0.4, -0.2) is 63.7 Å². The molecular formula is C22H33IN4O2. The molecule has 0 aromatic heterocycles. The van der Waals surface area contributed by atoms with E-state index >= 15 is 0 Å². The molecule has 1 saturated carbocycles. The molecule has 1 saturated heterocycles. The number of carbonyl (C=O) groups excluding carboxylic acids is 1. The van der Waals surface area contributed by atoms with Gasteiger partial charge in [-0.3, -0.25) is 4.79 Å². The molecule has 3 aliphatic rings. The molecule has 1 aromatic carbocycles. The topological polar surface area (TPSA) is 57.2 Å². The van der Waals surface area contributed by atoms with Crippen molar-refractivity contribution in [3.05, 3.63) is 29.8 Å². The summed E-state index contributed by atoms with van der Waals surface area (Å²) in [5, 5.41) is 3.57. The van der Waals surface area contributed by atoms with Crippen LogP contribution in [0.3, 0.4) is 0 Å². The molecule has 6 nitrogen and oxygen atoms in total. The first kappa shape index (κ1) is 22.3. The van der Waals surface area contributed by atoms with Gasteiger partial charge in [0.15, 0.2) is 5.96 Å². The number of aliphatic imine (C=N–C) groups is 1. The Hall–Kier alpha value is -1.35. The molecule has 1 amide bonds. The summed E-state index contributed by atoms with van der Waals surface area (Å²) >= 11 is 0. The Morgan fingerprint density at radius 3 is 2.76 bits per heavy atom. The summed E-state index contributed by atoms with van der Waals surface area (Å²) in [6.45, 7) is 3.60. The summed E-state index contributed by atoms with van der Waals surface area (Å²) in [7, 11) is 3.55. The van der Waals surface area contributed by atoms with E-state index in [0.29, 0.717) is 5.92 Å². The number of halogens is 1. The van der Waals surface area contributed by atoms with Crippen LogP contribution in [0.2, 0.25) is 0 Å². The van der Waals surface area contributed by atoms with Gasteiger partial charge in [0.05, 0.1) is 6.61 Å². The molecule has 4 rings (SSSR count). The molecule has 2 fully saturated rings. The number of nitrogens with zero attached hydrogens (tertiary/aromatic N) is 3. The van der Waals surface area contributed by atoms with Crippen LogP contribution in [0.1, 0.15) is 37.7 Å². The van der Waals surface area contributed by atoms with Crippen LogP contribution in [0.5, 0.6) is 0 Å². The highest BCUT2D eigenvalue weighted by Crippen LogP contribution is 2.50. The Morgan fingerprint density at radius 1 is 1.31 bits per heavy atom. The van der Waals surface area contributed by atoms with Gasteiger partial charge >= 0.3 is 0 Å². The van der Waals surface area contributed by atoms with E-state index in [9.17, 15) is 4.79 Å². The number of carbonyl (C=O) groups is 1. The highest BCUT2D eigenvalue weighted by molar-refractivity contribution is 14.0. The number of hydrogen-bond donors (Lipinski definition) is 1. The van der Waals surface area contributed by atoms with E-state index < -0.39 is 0 Å². The predicted octanol–water partition coefficient (Wildman–Crippen LogP) is 3.01. The third-order valence-corrected chi connectivity index (χ3v) is 6.48. The number of rotatable bonds is 4. The van der Waals surface area contributed by atoms with Gasteiger partial charge in [-0.15, -0.1) is 24.0 Å². The van der Waals surface area contributed by atoms with Crippen molar-refractivity contribution in [1.82, 2.24) is 10.2 Å². The van der Waals surface area contributed by atoms with Gasteiger partial charge in [0.2, 0.25) is 5.91 Å². The van der Waals surface area contributed by atoms with Gasteiger partial charge < -0.3 is 19.9 Å². The zero-order chi connectivity index (χ0) is 19.6. The normalized spacial score (nSPS) is 22.5. The number of para-hydroxylation sites is 1. The van der Waals surface area contributed by atoms with Gasteiger partial charge in [-0.1, -0.05) is 31.0 Å². The van der Waals surface area contributed by atoms with Crippen LogP contribution in [0.4, 0.5) is 5.69 Å². The van der Waals surface area contributed by atoms with Crippen LogP contribution in [0.25, 0.3) is 0 Å². The van der Waals surface area contributed by atoms with Crippen molar-refractivity contribution < 1.29 is 9.53 Å². The van der Waals surface area contributed by atoms with Gasteiger partial charge in [0.25, 0.3) is 0 Å². The van der Waals surface area contributed by atoms with Gasteiger partial charge in [-0.05, 0) is 30.9 Å². The van der Waals surface area contributed by atoms with E-state index in [1.807, 2.05) is 0 Å². The second-order valence-electron chi connectivity index (χ2n) is 8.63. The smallest absolute Gasteiger partial charge is 0.243 e. The largest absolute Gasteiger partial charge is 0.381 e. The van der Waals surface area contributed by atoms with Crippen molar-refractivity contribution in [1.29, 1.82) is 0 Å². The third kappa shape index (κ3) is 4.71. The van der Waals surface area contributed by atoms with E-state index in [-0.39, 0.29) is 41.8 Å². The standard InChI is InChI=1S/C22H32N4O2.HI/c1-25(2)20(27)14-24-21(23-13-17-9-12-28-15-17)26-16-22(10-5-6-11-22)18-7-3-4-8-19(18)26;/h3-4,7-8,17H,5-6,9-16H2,1-2H3,(H,23,24);1H. The van der Waals surface area contributed by atoms with Crippen LogP contribution in [-0.2, 0) is 14.9 Å². The SMILES string of the molecule is CN(C)C(=O)CN=C(NCC1CCOC1)N1CC2(CCCC2)c2ccccc21.I. The van der Waals surface area contributed by atoms with Crippen molar-refractivity contribution in [3.63, 3.8) is 0 Å². The summed E-state index contributed by atoms with van der Waals surface area (Å²) in [5.74, 6) is 1.36. The second-order valence-corrected chi connectivity index (χ2v) is 8.63. The summed E-state index contributed by atoms with van der Waals surface area (Å²) in [6, 6.07) is 8.74. The van der Waals surface area contributed by atoms with E-state index in [1.165, 1.54) is 36.9 Å². The molecule has 2 heterocycles. The molecule has 0 bridgehead atoms. The number of ether oxygens (including phenoxy) is 1. The minimum Gasteiger partial charge on any atom is -0.381 e. The zero-order valence-electron chi connectivity index (χ0n) is 17.5. The average molecular weight is 512 g/mol. The van der Waals surface area contributed by atoms with Crippen LogP contribution < -0.4 is 10.2 Å². The summed E-state index contributed by atoms with van der Waals surface area (Å²) in [4.78, 5) is 20.8. The number of anilines is 1. The van der Waals surface area contributed by atoms with Crippen molar-refractivity contribution >= 4 is 41.5 Å². The van der Waals surface area contributed by atoms with Gasteiger partial charge in [-0.25, -0.2) is 4.99 Å². The fourth-order valence-corrected chi connectivity index (χ4v) is 4.80. The molecule has 1 aliphatic carbocycles. The molecule has 29 heavy (non-hydrogen) atoms. The lowest BCUT2D eigenvalue weighted by Crippen LogP contribution is -2.45. The maximum absolute atomic E-state index is 12.2. The Kier molecular flexibility index (Phi) is 7.42. The number of hydrogen-bond acceptors (Lipinski definition) is 3. The number of amides is 1. The van der Waals surface area contributed by atoms with Gasteiger partial charge in [0.1, 0.15) is 6.54 Å². The van der Waals surface area contributed by atoms with E-state index in [2.05, 4.69) is 34.5 Å². The minimum atomic E-state index is 0. The van der Waals surface area contributed by atoms with Crippen LogP contribution in [0.15, 0.2) is 29.3 Å². The first-order valence-corrected chi connectivity index (χ1v) is 10.5. The molecule has 1 spiro atoms. The summed E-state index contributed by atoms with van der Waals surface area (Å²) in [5.41, 5.74) is 2.93. The van der Waals surface area contributed by atoms with Crippen molar-refractivity contribution in [3.8, 4) is 0 Å². The maximum atomic E-state index is 12.2. The Bertz CT molecular complexity index is 740. The number of fused-ring (bicyclic) bond motifs is 2. The van der Waals surface area contributed by atoms with Crippen molar-refractivity contribution in [2.45, 2.75) is 37.5 Å². The Morgan fingerprint density at radius 2 is 2.07 bits per heavy atom. The van der Waals surface area contributed by atoms with E-state index in [4.69, 9.17) is 9.73 Å². The Balaban J connectivity index is 0.00000240. The molecular weight excluding hydrogens is 479 g/mol. The molecule has 1 atom stereocenters. The number of benzene rings is 1. The lowest BCUT2D eigenvalue weighted by molar-refractivity contribution is -0.127. The molecule has 0 radical (unpaired) electrons. The van der Waals surface area contributed by atoms with E-state index in [1.54, 1.807) is 19.0 Å². The first-order valence-electron chi connectivity index (χ1n) is 10.5. The molecule has 160 valence electrons. The van der Waals surface area contributed by atoms with Crippen molar-refractivity contribution in [2.75, 3.05) is 51.8 Å². The van der Waals surface area contributed by atoms with E-state index in [0.717, 1.165) is 38.7 Å². The second kappa shape index (κ2) is 9.64. The highest BCUT2D eigenvalue weighted by Gasteiger charge is 2.45. The minimum absolute atomic E-state index is 0. The monoisotopic (exact) mass is 512 g/mol. The fourth-order valence-electron chi connectivity index (χ4n) is 4.80. The lowest BCUT2D eigenvalue weighted by atomic mass is 9.81. The zero-order valence-corrected chi connectivity index (χ0v) is 19.9. The number of guanidine groups is 1. The summed E-state index contributed by atoms with van der Waals surface area (Å²) in [6.07, 6.45) is 6.14. The first-order chi connectivity index (χ1) is 13.6. The molecule has 2 aliphatic heterocycles. The molecule has 1 aromatic rings. The fraction of sp³-hybridized carbons (Fsp3) is 0.636. The Labute approximate surface area is 191 Å². The predicted molar refractivity (Wildman–Crippen MR) is 127 cm³/mol. The third-order valence-electron chi connectivity index (χ3n) is 6.48. The molecule has 1 N–H and O–H groups in total. The van der Waals surface area contributed by atoms with Crippen LogP contribution >= 0.6 is 24.0 Å². The number of nitrogens with one attached hydrogen (secondary N) is 1. The lowest BCUT2D eigenvalue weighted by Gasteiger charge is -2.27. The van der Waals surface area contributed by atoms with Crippen molar-refractivity contribution in [2.24, 2.45) is 10.9 Å². The van der Waals surface area contributed by atoms with Crippen LogP contribution in [0, 0.1) is 5.92 Å². The quantitative estimate of drug-likeness (QED) is 0.383. The molecule has 7 heteroatoms. The molecule has 1 unspecified atom stereocenters. The van der Waals surface area contributed by atoms with Gasteiger partial charge in [0, 0.05) is 50.8 Å². The maximum Gasteiger partial charge on any atom is 0.243 e.